The molecule has 0 amide bonds. The maximum absolute atomic E-state index is 13.6. The van der Waals surface area contributed by atoms with Crippen LogP contribution in [-0.2, 0) is 23.9 Å². The van der Waals surface area contributed by atoms with Gasteiger partial charge in [0.15, 0.2) is 0 Å². The Kier molecular flexibility index (Phi) is 7.96. The molecule has 4 fully saturated rings. The van der Waals surface area contributed by atoms with Gasteiger partial charge in [-0.15, -0.1) is 0 Å². The number of hydrogen-bond acceptors (Lipinski definition) is 5. The molecule has 0 heterocycles. The normalized spacial score (nSPS) is 43.5. The zero-order valence-electron chi connectivity index (χ0n) is 25.7. The minimum absolute atomic E-state index is 0.00374. The van der Waals surface area contributed by atoms with Crippen LogP contribution in [0.2, 0.25) is 0 Å². The number of Topliss-reactive ketones (excluding diaryl/α,β-unsaturated/α-hetero) is 1. The Labute approximate surface area is 231 Å². The molecule has 0 aromatic heterocycles. The summed E-state index contributed by atoms with van der Waals surface area (Å²) in [6.45, 7) is 19.5. The molecular weight excluding hydrogens is 476 g/mol. The Morgan fingerprint density at radius 1 is 0.816 bits per heavy atom. The van der Waals surface area contributed by atoms with Gasteiger partial charge in [-0.2, -0.15) is 0 Å². The minimum atomic E-state index is -0.227. The third kappa shape index (κ3) is 4.66. The van der Waals surface area contributed by atoms with Crippen LogP contribution in [0.25, 0.3) is 0 Å². The van der Waals surface area contributed by atoms with Gasteiger partial charge < -0.3 is 9.47 Å². The van der Waals surface area contributed by atoms with Crippen molar-refractivity contribution in [2.75, 3.05) is 0 Å². The van der Waals surface area contributed by atoms with Crippen molar-refractivity contribution in [3.05, 3.63) is 0 Å². The van der Waals surface area contributed by atoms with E-state index in [1.54, 1.807) is 0 Å². The number of carbonyl (C=O) groups excluding carboxylic acids is 3. The molecule has 5 heteroatoms. The smallest absolute Gasteiger partial charge is 0.302 e. The van der Waals surface area contributed by atoms with E-state index < -0.39 is 0 Å². The highest BCUT2D eigenvalue weighted by Gasteiger charge is 2.71. The van der Waals surface area contributed by atoms with Crippen LogP contribution in [0.4, 0.5) is 0 Å². The molecule has 0 aromatic carbocycles. The second-order valence-corrected chi connectivity index (χ2v) is 15.2. The number of ether oxygens (including phenoxy) is 2. The van der Waals surface area contributed by atoms with Gasteiger partial charge in [0.25, 0.3) is 0 Å². The van der Waals surface area contributed by atoms with Gasteiger partial charge in [-0.25, -0.2) is 0 Å². The minimum Gasteiger partial charge on any atom is -0.462 e. The first-order valence-electron chi connectivity index (χ1n) is 15.4. The molecule has 38 heavy (non-hydrogen) atoms. The van der Waals surface area contributed by atoms with Crippen molar-refractivity contribution in [1.29, 1.82) is 0 Å². The first-order valence-corrected chi connectivity index (χ1v) is 15.4. The third-order valence-corrected chi connectivity index (χ3v) is 12.5. The molecule has 0 bridgehead atoms. The second-order valence-electron chi connectivity index (χ2n) is 15.2. The molecule has 5 nitrogen and oxygen atoms in total. The van der Waals surface area contributed by atoms with Crippen molar-refractivity contribution in [3.63, 3.8) is 0 Å². The molecule has 0 spiro atoms. The molecule has 0 saturated heterocycles. The van der Waals surface area contributed by atoms with E-state index in [2.05, 4.69) is 48.5 Å². The quantitative estimate of drug-likeness (QED) is 0.318. The van der Waals surface area contributed by atoms with Gasteiger partial charge in [0, 0.05) is 37.5 Å². The summed E-state index contributed by atoms with van der Waals surface area (Å²) in [7, 11) is 0. The first kappa shape index (κ1) is 29.6. The number of hydrogen-bond donors (Lipinski definition) is 0. The van der Waals surface area contributed by atoms with Crippen LogP contribution in [0, 0.1) is 51.2 Å². The maximum atomic E-state index is 13.6. The number of fused-ring (bicyclic) bond motifs is 5. The fourth-order valence-electron chi connectivity index (χ4n) is 10.7. The first-order chi connectivity index (χ1) is 17.6. The van der Waals surface area contributed by atoms with Crippen LogP contribution < -0.4 is 0 Å². The van der Waals surface area contributed by atoms with Crippen molar-refractivity contribution < 1.29 is 23.9 Å². The van der Waals surface area contributed by atoms with Crippen LogP contribution in [-0.4, -0.2) is 29.9 Å². The van der Waals surface area contributed by atoms with E-state index in [0.29, 0.717) is 30.0 Å². The molecule has 4 aliphatic rings. The van der Waals surface area contributed by atoms with E-state index in [4.69, 9.17) is 9.47 Å². The van der Waals surface area contributed by atoms with Crippen LogP contribution in [0.15, 0.2) is 0 Å². The molecule has 0 N–H and O–H groups in total. The summed E-state index contributed by atoms with van der Waals surface area (Å²) in [5.74, 6) is 1.50. The van der Waals surface area contributed by atoms with Gasteiger partial charge in [0.1, 0.15) is 18.0 Å². The van der Waals surface area contributed by atoms with Crippen LogP contribution in [0.3, 0.4) is 0 Å². The zero-order chi connectivity index (χ0) is 28.3. The largest absolute Gasteiger partial charge is 0.462 e. The lowest BCUT2D eigenvalue weighted by Crippen LogP contribution is -2.66. The topological polar surface area (TPSA) is 69.7 Å². The van der Waals surface area contributed by atoms with Gasteiger partial charge in [-0.1, -0.05) is 54.9 Å². The van der Waals surface area contributed by atoms with Crippen LogP contribution in [0.5, 0.6) is 0 Å². The van der Waals surface area contributed by atoms with Crippen LogP contribution >= 0.6 is 0 Å². The molecular formula is C33H54O5. The number of esters is 2. The summed E-state index contributed by atoms with van der Waals surface area (Å²) in [6.07, 6.45) is 9.33. The maximum Gasteiger partial charge on any atom is 0.302 e. The Morgan fingerprint density at radius 3 is 2.05 bits per heavy atom. The lowest BCUT2D eigenvalue weighted by Gasteiger charge is -2.70. The summed E-state index contributed by atoms with van der Waals surface area (Å²) in [6, 6.07) is 0. The second kappa shape index (κ2) is 10.2. The summed E-state index contributed by atoms with van der Waals surface area (Å²) >= 11 is 0. The number of rotatable bonds is 7. The Morgan fingerprint density at radius 2 is 1.45 bits per heavy atom. The average Bonchev–Trinajstić information content (AvgIpc) is 3.16. The van der Waals surface area contributed by atoms with E-state index in [9.17, 15) is 14.4 Å². The number of ketones is 1. The van der Waals surface area contributed by atoms with Crippen molar-refractivity contribution in [2.45, 2.75) is 139 Å². The van der Waals surface area contributed by atoms with E-state index in [1.807, 2.05) is 0 Å². The van der Waals surface area contributed by atoms with E-state index in [0.717, 1.165) is 57.8 Å². The summed E-state index contributed by atoms with van der Waals surface area (Å²) < 4.78 is 12.0. The Bertz CT molecular complexity index is 938. The van der Waals surface area contributed by atoms with Crippen molar-refractivity contribution in [2.24, 2.45) is 51.2 Å². The van der Waals surface area contributed by atoms with Gasteiger partial charge >= 0.3 is 11.9 Å². The Hall–Kier alpha value is -1.39. The SMILES string of the molecule is CC(=O)O[C@H]1CC[C@]2(C)[C@H]3C[C@@H](OC(C)=O)[C@@H]4[C@@H](C(=O)CCCC(C)C)CC[C@@]4(C)[C@]3(C)CC[C@H]2C1(C)C. The number of carbonyl (C=O) groups is 3. The average molecular weight is 531 g/mol. The van der Waals surface area contributed by atoms with Gasteiger partial charge in [-0.3, -0.25) is 14.4 Å². The summed E-state index contributed by atoms with van der Waals surface area (Å²) in [5, 5.41) is 0. The molecule has 0 aromatic rings. The third-order valence-electron chi connectivity index (χ3n) is 12.5. The van der Waals surface area contributed by atoms with Gasteiger partial charge in [0.05, 0.1) is 0 Å². The highest BCUT2D eigenvalue weighted by atomic mass is 16.5. The predicted octanol–water partition coefficient (Wildman–Crippen LogP) is 7.54. The monoisotopic (exact) mass is 530 g/mol. The Balaban J connectivity index is 1.68. The molecule has 216 valence electrons. The van der Waals surface area contributed by atoms with Crippen molar-refractivity contribution in [3.8, 4) is 0 Å². The predicted molar refractivity (Wildman–Crippen MR) is 149 cm³/mol. The van der Waals surface area contributed by atoms with E-state index in [-0.39, 0.29) is 57.6 Å². The van der Waals surface area contributed by atoms with Crippen LogP contribution in [0.1, 0.15) is 127 Å². The van der Waals surface area contributed by atoms with Gasteiger partial charge in [-0.05, 0) is 85.4 Å². The van der Waals surface area contributed by atoms with Crippen molar-refractivity contribution >= 4 is 17.7 Å². The molecule has 4 aliphatic carbocycles. The van der Waals surface area contributed by atoms with E-state index >= 15 is 0 Å². The standard InChI is InChI=1S/C33H54O5/c1-20(2)11-10-12-24(36)23-13-17-33(9)29(23)25(37-21(3)34)19-27-31(7)16-15-28(38-22(4)35)30(5,6)26(31)14-18-32(27,33)8/h20,23,25-29H,10-19H2,1-9H3/t23-,25-,26+,27-,28+,29+,31+,32-,33-/m1/s1. The lowest BCUT2D eigenvalue weighted by atomic mass is 9.35. The van der Waals surface area contributed by atoms with Crippen molar-refractivity contribution in [1.82, 2.24) is 0 Å². The summed E-state index contributed by atoms with van der Waals surface area (Å²) in [5.41, 5.74) is -0.00565. The van der Waals surface area contributed by atoms with E-state index in [1.165, 1.54) is 13.8 Å². The molecule has 0 radical (unpaired) electrons. The fourth-order valence-corrected chi connectivity index (χ4v) is 10.7. The highest BCUT2D eigenvalue weighted by molar-refractivity contribution is 5.82. The van der Waals surface area contributed by atoms with Gasteiger partial charge in [0.2, 0.25) is 0 Å². The highest BCUT2D eigenvalue weighted by Crippen LogP contribution is 2.75. The molecule has 4 rings (SSSR count). The molecule has 0 aliphatic heterocycles. The fraction of sp³-hybridized carbons (Fsp3) is 0.909. The lowest BCUT2D eigenvalue weighted by molar-refractivity contribution is -0.247. The summed E-state index contributed by atoms with van der Waals surface area (Å²) in [4.78, 5) is 38.0. The zero-order valence-corrected chi connectivity index (χ0v) is 25.7. The molecule has 4 saturated carbocycles. The molecule has 9 atom stereocenters. The molecule has 0 unspecified atom stereocenters.